The standard InChI is InChI=1S/C15H22N2/c1-11(2)15(8-16)10-17-9-14-6-5-12(3)13(4)7-14/h5-7,11,15,17H,9-10H2,1-4H3. The fourth-order valence-corrected chi connectivity index (χ4v) is 1.72. The number of nitriles is 1. The van der Waals surface area contributed by atoms with E-state index < -0.39 is 0 Å². The Labute approximate surface area is 105 Å². The third-order valence-electron chi connectivity index (χ3n) is 3.24. The molecule has 17 heavy (non-hydrogen) atoms. The highest BCUT2D eigenvalue weighted by Crippen LogP contribution is 2.11. The van der Waals surface area contributed by atoms with E-state index >= 15 is 0 Å². The minimum Gasteiger partial charge on any atom is -0.311 e. The van der Waals surface area contributed by atoms with Crippen molar-refractivity contribution in [3.63, 3.8) is 0 Å². The number of rotatable bonds is 5. The first-order valence-electron chi connectivity index (χ1n) is 6.21. The van der Waals surface area contributed by atoms with Gasteiger partial charge in [0.05, 0.1) is 12.0 Å². The zero-order valence-corrected chi connectivity index (χ0v) is 11.2. The quantitative estimate of drug-likeness (QED) is 0.843. The van der Waals surface area contributed by atoms with Crippen molar-refractivity contribution >= 4 is 0 Å². The number of hydrogen-bond acceptors (Lipinski definition) is 2. The van der Waals surface area contributed by atoms with Crippen molar-refractivity contribution in [1.82, 2.24) is 5.32 Å². The Kier molecular flexibility index (Phi) is 5.18. The van der Waals surface area contributed by atoms with Crippen LogP contribution in [0.5, 0.6) is 0 Å². The van der Waals surface area contributed by atoms with Crippen LogP contribution in [0.15, 0.2) is 18.2 Å². The first kappa shape index (κ1) is 13.7. The van der Waals surface area contributed by atoms with Crippen LogP contribution in [-0.4, -0.2) is 6.54 Å². The number of aryl methyl sites for hydroxylation is 2. The van der Waals surface area contributed by atoms with E-state index in [4.69, 9.17) is 5.26 Å². The van der Waals surface area contributed by atoms with Crippen LogP contribution in [-0.2, 0) is 6.54 Å². The van der Waals surface area contributed by atoms with Gasteiger partial charge in [0.2, 0.25) is 0 Å². The van der Waals surface area contributed by atoms with Gasteiger partial charge in [-0.05, 0) is 36.5 Å². The van der Waals surface area contributed by atoms with Gasteiger partial charge < -0.3 is 5.32 Å². The predicted molar refractivity (Wildman–Crippen MR) is 71.6 cm³/mol. The Morgan fingerprint density at radius 3 is 2.47 bits per heavy atom. The zero-order chi connectivity index (χ0) is 12.8. The van der Waals surface area contributed by atoms with Crippen molar-refractivity contribution in [2.24, 2.45) is 11.8 Å². The van der Waals surface area contributed by atoms with Gasteiger partial charge in [0.15, 0.2) is 0 Å². The lowest BCUT2D eigenvalue weighted by atomic mass is 9.97. The molecule has 0 aliphatic rings. The predicted octanol–water partition coefficient (Wildman–Crippen LogP) is 3.19. The number of nitrogens with one attached hydrogen (secondary N) is 1. The van der Waals surface area contributed by atoms with Gasteiger partial charge in [0.25, 0.3) is 0 Å². The molecule has 1 rings (SSSR count). The van der Waals surface area contributed by atoms with Crippen molar-refractivity contribution in [1.29, 1.82) is 5.26 Å². The first-order valence-corrected chi connectivity index (χ1v) is 6.21. The molecule has 1 atom stereocenters. The Bertz CT molecular complexity index is 402. The summed E-state index contributed by atoms with van der Waals surface area (Å²) >= 11 is 0. The van der Waals surface area contributed by atoms with E-state index in [2.05, 4.69) is 57.3 Å². The molecule has 2 heteroatoms. The molecule has 2 nitrogen and oxygen atoms in total. The molecule has 0 heterocycles. The van der Waals surface area contributed by atoms with Crippen molar-refractivity contribution in [3.8, 4) is 6.07 Å². The summed E-state index contributed by atoms with van der Waals surface area (Å²) in [6.45, 7) is 10.0. The summed E-state index contributed by atoms with van der Waals surface area (Å²) in [4.78, 5) is 0. The Morgan fingerprint density at radius 2 is 1.94 bits per heavy atom. The van der Waals surface area contributed by atoms with E-state index in [0.29, 0.717) is 5.92 Å². The average molecular weight is 230 g/mol. The second-order valence-electron chi connectivity index (χ2n) is 5.03. The van der Waals surface area contributed by atoms with E-state index in [1.807, 2.05) is 0 Å². The summed E-state index contributed by atoms with van der Waals surface area (Å²) in [7, 11) is 0. The van der Waals surface area contributed by atoms with Crippen LogP contribution in [0.2, 0.25) is 0 Å². The van der Waals surface area contributed by atoms with Gasteiger partial charge in [-0.2, -0.15) is 5.26 Å². The third kappa shape index (κ3) is 4.20. The molecule has 0 bridgehead atoms. The van der Waals surface area contributed by atoms with Crippen LogP contribution in [0.4, 0.5) is 0 Å². The van der Waals surface area contributed by atoms with Crippen LogP contribution in [0.25, 0.3) is 0 Å². The summed E-state index contributed by atoms with van der Waals surface area (Å²) < 4.78 is 0. The van der Waals surface area contributed by atoms with E-state index in [1.54, 1.807) is 0 Å². The number of benzene rings is 1. The molecule has 1 aromatic carbocycles. The van der Waals surface area contributed by atoms with Gasteiger partial charge in [0.1, 0.15) is 0 Å². The largest absolute Gasteiger partial charge is 0.311 e. The number of hydrogen-bond donors (Lipinski definition) is 1. The molecule has 1 aromatic rings. The van der Waals surface area contributed by atoms with Crippen LogP contribution in [0.1, 0.15) is 30.5 Å². The van der Waals surface area contributed by atoms with Crippen LogP contribution >= 0.6 is 0 Å². The third-order valence-corrected chi connectivity index (χ3v) is 3.24. The second kappa shape index (κ2) is 6.42. The topological polar surface area (TPSA) is 35.8 Å². The molecular formula is C15H22N2. The van der Waals surface area contributed by atoms with Gasteiger partial charge in [-0.25, -0.2) is 0 Å². The van der Waals surface area contributed by atoms with E-state index in [9.17, 15) is 0 Å². The van der Waals surface area contributed by atoms with Crippen molar-refractivity contribution in [3.05, 3.63) is 34.9 Å². The summed E-state index contributed by atoms with van der Waals surface area (Å²) in [5.41, 5.74) is 3.93. The SMILES string of the molecule is Cc1ccc(CNCC(C#N)C(C)C)cc1C. The molecule has 0 saturated heterocycles. The fourth-order valence-electron chi connectivity index (χ4n) is 1.72. The second-order valence-corrected chi connectivity index (χ2v) is 5.03. The number of nitrogens with zero attached hydrogens (tertiary/aromatic N) is 1. The highest BCUT2D eigenvalue weighted by Gasteiger charge is 2.11. The van der Waals surface area contributed by atoms with E-state index in [1.165, 1.54) is 16.7 Å². The Hall–Kier alpha value is -1.33. The molecule has 92 valence electrons. The minimum atomic E-state index is 0.0987. The summed E-state index contributed by atoms with van der Waals surface area (Å²) in [6.07, 6.45) is 0. The fraction of sp³-hybridized carbons (Fsp3) is 0.533. The van der Waals surface area contributed by atoms with Crippen molar-refractivity contribution < 1.29 is 0 Å². The van der Waals surface area contributed by atoms with Crippen molar-refractivity contribution in [2.75, 3.05) is 6.54 Å². The highest BCUT2D eigenvalue weighted by molar-refractivity contribution is 5.29. The molecule has 1 unspecified atom stereocenters. The Balaban J connectivity index is 2.46. The van der Waals surface area contributed by atoms with Gasteiger partial charge in [-0.1, -0.05) is 32.0 Å². The molecule has 0 spiro atoms. The van der Waals surface area contributed by atoms with Gasteiger partial charge in [-0.15, -0.1) is 0 Å². The molecule has 1 N–H and O–H groups in total. The molecule has 0 radical (unpaired) electrons. The van der Waals surface area contributed by atoms with Gasteiger partial charge in [-0.3, -0.25) is 0 Å². The lowest BCUT2D eigenvalue weighted by Gasteiger charge is -2.14. The molecule has 0 fully saturated rings. The van der Waals surface area contributed by atoms with Gasteiger partial charge >= 0.3 is 0 Å². The first-order chi connectivity index (χ1) is 8.04. The van der Waals surface area contributed by atoms with Gasteiger partial charge in [0, 0.05) is 13.1 Å². The van der Waals surface area contributed by atoms with E-state index in [0.717, 1.165) is 13.1 Å². The van der Waals surface area contributed by atoms with Crippen LogP contribution in [0.3, 0.4) is 0 Å². The summed E-state index contributed by atoms with van der Waals surface area (Å²) in [5, 5.41) is 12.3. The molecular weight excluding hydrogens is 208 g/mol. The van der Waals surface area contributed by atoms with Crippen molar-refractivity contribution in [2.45, 2.75) is 34.2 Å². The maximum Gasteiger partial charge on any atom is 0.0671 e. The maximum absolute atomic E-state index is 8.98. The zero-order valence-electron chi connectivity index (χ0n) is 11.2. The molecule has 0 aromatic heterocycles. The normalized spacial score (nSPS) is 12.5. The summed E-state index contributed by atoms with van der Waals surface area (Å²) in [5.74, 6) is 0.508. The summed E-state index contributed by atoms with van der Waals surface area (Å²) in [6, 6.07) is 8.85. The molecule has 0 saturated carbocycles. The minimum absolute atomic E-state index is 0.0987. The molecule has 0 aliphatic carbocycles. The average Bonchev–Trinajstić information content (AvgIpc) is 2.28. The van der Waals surface area contributed by atoms with Crippen LogP contribution < -0.4 is 5.32 Å². The molecule has 0 amide bonds. The molecule has 0 aliphatic heterocycles. The monoisotopic (exact) mass is 230 g/mol. The lowest BCUT2D eigenvalue weighted by molar-refractivity contribution is 0.442. The maximum atomic E-state index is 8.98. The highest BCUT2D eigenvalue weighted by atomic mass is 14.9. The Morgan fingerprint density at radius 1 is 1.24 bits per heavy atom. The smallest absolute Gasteiger partial charge is 0.0671 e. The van der Waals surface area contributed by atoms with E-state index in [-0.39, 0.29) is 5.92 Å². The lowest BCUT2D eigenvalue weighted by Crippen LogP contribution is -2.24. The van der Waals surface area contributed by atoms with Crippen LogP contribution in [0, 0.1) is 37.0 Å².